The van der Waals surface area contributed by atoms with E-state index in [0.717, 1.165) is 17.7 Å². The van der Waals surface area contributed by atoms with Gasteiger partial charge in [-0.25, -0.2) is 8.78 Å². The molecule has 1 atom stereocenters. The highest BCUT2D eigenvalue weighted by atomic mass is 19.1. The Morgan fingerprint density at radius 1 is 1.19 bits per heavy atom. The number of carbonyl (C=O) groups excluding carboxylic acids is 1. The first-order valence-electron chi connectivity index (χ1n) is 6.58. The average Bonchev–Trinajstić information content (AvgIpc) is 2.81. The molecule has 0 fully saturated rings. The predicted molar refractivity (Wildman–Crippen MR) is 73.8 cm³/mol. The number of aliphatic hydroxyl groups is 1. The number of benzene rings is 2. The molecule has 0 saturated heterocycles. The summed E-state index contributed by atoms with van der Waals surface area (Å²) in [5.41, 5.74) is 1.89. The lowest BCUT2D eigenvalue weighted by molar-refractivity contribution is -0.115. The van der Waals surface area contributed by atoms with E-state index in [0.29, 0.717) is 11.3 Å². The summed E-state index contributed by atoms with van der Waals surface area (Å²) in [4.78, 5) is 11.3. The van der Waals surface area contributed by atoms with Gasteiger partial charge in [0.25, 0.3) is 0 Å². The molecular weight excluding hydrogens is 276 g/mol. The fourth-order valence-corrected chi connectivity index (χ4v) is 2.50. The van der Waals surface area contributed by atoms with Crippen LogP contribution >= 0.6 is 0 Å². The molecule has 0 radical (unpaired) electrons. The maximum absolute atomic E-state index is 13.6. The molecule has 1 heterocycles. The van der Waals surface area contributed by atoms with Crippen molar-refractivity contribution in [3.63, 3.8) is 0 Å². The number of hydrogen-bond acceptors (Lipinski definition) is 2. The number of fused-ring (bicyclic) bond motifs is 1. The van der Waals surface area contributed by atoms with Gasteiger partial charge in [0.1, 0.15) is 11.6 Å². The van der Waals surface area contributed by atoms with Crippen molar-refractivity contribution in [3.8, 4) is 0 Å². The van der Waals surface area contributed by atoms with Crippen LogP contribution in [0.4, 0.5) is 14.5 Å². The molecule has 0 bridgehead atoms. The largest absolute Gasteiger partial charge is 0.388 e. The van der Waals surface area contributed by atoms with Crippen LogP contribution in [0.15, 0.2) is 36.4 Å². The van der Waals surface area contributed by atoms with Gasteiger partial charge in [-0.1, -0.05) is 18.2 Å². The Labute approximate surface area is 120 Å². The Balaban J connectivity index is 1.85. The number of rotatable bonds is 3. The zero-order valence-corrected chi connectivity index (χ0v) is 11.1. The zero-order chi connectivity index (χ0) is 15.0. The molecule has 0 aliphatic carbocycles. The van der Waals surface area contributed by atoms with Crippen molar-refractivity contribution in [1.29, 1.82) is 0 Å². The molecule has 108 valence electrons. The molecule has 5 heteroatoms. The number of amides is 1. The van der Waals surface area contributed by atoms with Crippen LogP contribution in [0.5, 0.6) is 0 Å². The monoisotopic (exact) mass is 289 g/mol. The van der Waals surface area contributed by atoms with Gasteiger partial charge in [-0.15, -0.1) is 0 Å². The molecule has 0 aromatic heterocycles. The highest BCUT2D eigenvalue weighted by Gasteiger charge is 2.20. The third kappa shape index (κ3) is 2.64. The van der Waals surface area contributed by atoms with Gasteiger partial charge >= 0.3 is 0 Å². The first kappa shape index (κ1) is 13.7. The molecule has 2 N–H and O–H groups in total. The maximum Gasteiger partial charge on any atom is 0.228 e. The van der Waals surface area contributed by atoms with Gasteiger partial charge in [-0.3, -0.25) is 4.79 Å². The normalized spacial score (nSPS) is 14.7. The van der Waals surface area contributed by atoms with Gasteiger partial charge < -0.3 is 10.4 Å². The highest BCUT2D eigenvalue weighted by Crippen LogP contribution is 2.28. The second-order valence-corrected chi connectivity index (χ2v) is 5.06. The minimum atomic E-state index is -1.03. The Hall–Kier alpha value is -2.27. The number of nitrogens with one attached hydrogen (secondary N) is 1. The molecule has 3 nitrogen and oxygen atoms in total. The van der Waals surface area contributed by atoms with Crippen molar-refractivity contribution in [2.75, 3.05) is 5.32 Å². The van der Waals surface area contributed by atoms with Crippen LogP contribution in [-0.2, 0) is 17.6 Å². The lowest BCUT2D eigenvalue weighted by Crippen LogP contribution is -2.06. The van der Waals surface area contributed by atoms with Crippen LogP contribution in [0.1, 0.15) is 22.8 Å². The van der Waals surface area contributed by atoms with Crippen molar-refractivity contribution in [3.05, 3.63) is 64.7 Å². The molecule has 2 aromatic rings. The second-order valence-electron chi connectivity index (χ2n) is 5.06. The van der Waals surface area contributed by atoms with Crippen LogP contribution in [0.25, 0.3) is 0 Å². The molecule has 3 rings (SSSR count). The summed E-state index contributed by atoms with van der Waals surface area (Å²) >= 11 is 0. The third-order valence-electron chi connectivity index (χ3n) is 3.60. The van der Waals surface area contributed by atoms with Crippen molar-refractivity contribution in [1.82, 2.24) is 0 Å². The molecule has 1 aliphatic rings. The van der Waals surface area contributed by atoms with Crippen molar-refractivity contribution in [2.24, 2.45) is 0 Å². The number of anilines is 1. The fraction of sp³-hybridized carbons (Fsp3) is 0.188. The van der Waals surface area contributed by atoms with E-state index in [1.165, 1.54) is 6.07 Å². The highest BCUT2D eigenvalue weighted by molar-refractivity contribution is 5.99. The summed E-state index contributed by atoms with van der Waals surface area (Å²) in [5, 5.41) is 12.9. The summed E-state index contributed by atoms with van der Waals surface area (Å²) in [6.45, 7) is 0. The molecule has 0 spiro atoms. The van der Waals surface area contributed by atoms with E-state index in [2.05, 4.69) is 5.32 Å². The van der Waals surface area contributed by atoms with Gasteiger partial charge in [-0.05, 0) is 29.3 Å². The first-order valence-corrected chi connectivity index (χ1v) is 6.58. The zero-order valence-electron chi connectivity index (χ0n) is 11.1. The first-order chi connectivity index (χ1) is 10.0. The molecule has 0 saturated carbocycles. The average molecular weight is 289 g/mol. The SMILES string of the molecule is O=C1Cc2cc(C(O)Cc3c(F)cccc3F)ccc2N1. The van der Waals surface area contributed by atoms with Gasteiger partial charge in [-0.2, -0.15) is 0 Å². The third-order valence-corrected chi connectivity index (χ3v) is 3.60. The summed E-state index contributed by atoms with van der Waals surface area (Å²) in [7, 11) is 0. The molecular formula is C16H13F2NO2. The predicted octanol–water partition coefficient (Wildman–Crippen LogP) is 2.74. The number of hydrogen-bond donors (Lipinski definition) is 2. The molecule has 1 unspecified atom stereocenters. The quantitative estimate of drug-likeness (QED) is 0.912. The smallest absolute Gasteiger partial charge is 0.228 e. The topological polar surface area (TPSA) is 49.3 Å². The summed E-state index contributed by atoms with van der Waals surface area (Å²) in [6, 6.07) is 8.64. The van der Waals surface area contributed by atoms with Crippen LogP contribution in [0.2, 0.25) is 0 Å². The minimum absolute atomic E-state index is 0.100. The number of halogens is 2. The van der Waals surface area contributed by atoms with Gasteiger partial charge in [0, 0.05) is 17.7 Å². The van der Waals surface area contributed by atoms with E-state index >= 15 is 0 Å². The standard InChI is InChI=1S/C16H13F2NO2/c17-12-2-1-3-13(18)11(12)8-15(20)9-4-5-14-10(6-9)7-16(21)19-14/h1-6,15,20H,7-8H2,(H,19,21). The van der Waals surface area contributed by atoms with Gasteiger partial charge in [0.15, 0.2) is 0 Å². The van der Waals surface area contributed by atoms with Crippen LogP contribution in [0.3, 0.4) is 0 Å². The van der Waals surface area contributed by atoms with Gasteiger partial charge in [0.2, 0.25) is 5.91 Å². The van der Waals surface area contributed by atoms with Gasteiger partial charge in [0.05, 0.1) is 12.5 Å². The lowest BCUT2D eigenvalue weighted by Gasteiger charge is -2.13. The summed E-state index contributed by atoms with van der Waals surface area (Å²) in [5.74, 6) is -1.45. The fourth-order valence-electron chi connectivity index (χ4n) is 2.50. The van der Waals surface area contributed by atoms with E-state index in [9.17, 15) is 18.7 Å². The van der Waals surface area contributed by atoms with Crippen LogP contribution in [0, 0.1) is 11.6 Å². The molecule has 21 heavy (non-hydrogen) atoms. The Morgan fingerprint density at radius 3 is 2.62 bits per heavy atom. The number of aliphatic hydroxyl groups excluding tert-OH is 1. The van der Waals surface area contributed by atoms with Crippen molar-refractivity contribution < 1.29 is 18.7 Å². The number of carbonyl (C=O) groups is 1. The Morgan fingerprint density at radius 2 is 1.90 bits per heavy atom. The van der Waals surface area contributed by atoms with Crippen molar-refractivity contribution >= 4 is 11.6 Å². The summed E-state index contributed by atoms with van der Waals surface area (Å²) in [6.07, 6.45) is -0.930. The van der Waals surface area contributed by atoms with Crippen molar-refractivity contribution in [2.45, 2.75) is 18.9 Å². The van der Waals surface area contributed by atoms with E-state index < -0.39 is 17.7 Å². The van der Waals surface area contributed by atoms with E-state index in [1.807, 2.05) is 0 Å². The summed E-state index contributed by atoms with van der Waals surface area (Å²) < 4.78 is 27.2. The van der Waals surface area contributed by atoms with E-state index in [4.69, 9.17) is 0 Å². The Kier molecular flexibility index (Phi) is 3.43. The minimum Gasteiger partial charge on any atom is -0.388 e. The molecule has 2 aromatic carbocycles. The van der Waals surface area contributed by atoms with Crippen LogP contribution < -0.4 is 5.32 Å². The maximum atomic E-state index is 13.6. The molecule has 1 amide bonds. The molecule has 1 aliphatic heterocycles. The Bertz CT molecular complexity index is 695. The van der Waals surface area contributed by atoms with Crippen LogP contribution in [-0.4, -0.2) is 11.0 Å². The van der Waals surface area contributed by atoms with E-state index in [-0.39, 0.29) is 24.3 Å². The second kappa shape index (κ2) is 5.26. The lowest BCUT2D eigenvalue weighted by atomic mass is 9.98. The van der Waals surface area contributed by atoms with E-state index in [1.54, 1.807) is 18.2 Å².